The minimum Gasteiger partial charge on any atom is -0.465 e. The number of nitrogens with one attached hydrogen (secondary N) is 1. The largest absolute Gasteiger partial charge is 0.465 e. The SMILES string of the molecule is CCOC(=O)CN(Cc1ccc(-c2cc3nccc(Oc4ccc(CC(=O)CC5CC5)cc4F)c3s2)nc1)C1CNC1. The summed E-state index contributed by atoms with van der Waals surface area (Å²) < 4.78 is 26.9. The lowest BCUT2D eigenvalue weighted by molar-refractivity contribution is -0.145. The Hall–Kier alpha value is -3.73. The van der Waals surface area contributed by atoms with Crippen LogP contribution in [0, 0.1) is 11.7 Å². The molecule has 1 saturated carbocycles. The Labute approximate surface area is 247 Å². The molecule has 1 aromatic carbocycles. The summed E-state index contributed by atoms with van der Waals surface area (Å²) in [5.41, 5.74) is 3.19. The Bertz CT molecular complexity index is 1580. The van der Waals surface area contributed by atoms with Crippen LogP contribution in [-0.2, 0) is 27.3 Å². The van der Waals surface area contributed by atoms with Crippen LogP contribution in [0.15, 0.2) is 54.9 Å². The summed E-state index contributed by atoms with van der Waals surface area (Å²) in [4.78, 5) is 36.5. The van der Waals surface area contributed by atoms with Gasteiger partial charge < -0.3 is 14.8 Å². The van der Waals surface area contributed by atoms with Gasteiger partial charge in [-0.25, -0.2) is 4.39 Å². The summed E-state index contributed by atoms with van der Waals surface area (Å²) in [6, 6.07) is 12.7. The second kappa shape index (κ2) is 12.6. The van der Waals surface area contributed by atoms with Crippen molar-refractivity contribution < 1.29 is 23.5 Å². The van der Waals surface area contributed by atoms with Crippen molar-refractivity contribution in [2.45, 2.75) is 45.2 Å². The third-order valence-electron chi connectivity index (χ3n) is 7.58. The van der Waals surface area contributed by atoms with E-state index in [1.807, 2.05) is 31.3 Å². The zero-order valence-corrected chi connectivity index (χ0v) is 24.3. The first-order chi connectivity index (χ1) is 20.4. The molecule has 4 heterocycles. The molecule has 1 aliphatic carbocycles. The van der Waals surface area contributed by atoms with Crippen LogP contribution < -0.4 is 10.1 Å². The van der Waals surface area contributed by atoms with Gasteiger partial charge in [0.1, 0.15) is 11.5 Å². The van der Waals surface area contributed by atoms with Gasteiger partial charge in [0.15, 0.2) is 11.6 Å². The Morgan fingerprint density at radius 3 is 2.60 bits per heavy atom. The number of ketones is 1. The van der Waals surface area contributed by atoms with Crippen molar-refractivity contribution in [3.05, 3.63) is 71.8 Å². The summed E-state index contributed by atoms with van der Waals surface area (Å²) in [6.45, 7) is 4.71. The summed E-state index contributed by atoms with van der Waals surface area (Å²) >= 11 is 1.48. The van der Waals surface area contributed by atoms with E-state index in [0.717, 1.165) is 52.3 Å². The fourth-order valence-corrected chi connectivity index (χ4v) is 6.08. The highest BCUT2D eigenvalue weighted by Crippen LogP contribution is 2.39. The molecule has 0 amide bonds. The van der Waals surface area contributed by atoms with E-state index in [0.29, 0.717) is 36.8 Å². The number of carbonyl (C=O) groups is 2. The van der Waals surface area contributed by atoms with Crippen LogP contribution in [0.2, 0.25) is 0 Å². The van der Waals surface area contributed by atoms with Gasteiger partial charge in [0.25, 0.3) is 0 Å². The molecule has 42 heavy (non-hydrogen) atoms. The van der Waals surface area contributed by atoms with E-state index >= 15 is 0 Å². The molecule has 0 spiro atoms. The Morgan fingerprint density at radius 2 is 1.90 bits per heavy atom. The highest BCUT2D eigenvalue weighted by Gasteiger charge is 2.27. The summed E-state index contributed by atoms with van der Waals surface area (Å²) in [5.74, 6) is 0.560. The fraction of sp³-hybridized carbons (Fsp3) is 0.375. The molecular weight excluding hydrogens is 555 g/mol. The Kier molecular flexibility index (Phi) is 8.55. The third kappa shape index (κ3) is 6.83. The number of nitrogens with zero attached hydrogens (tertiary/aromatic N) is 3. The smallest absolute Gasteiger partial charge is 0.320 e. The molecule has 1 aliphatic heterocycles. The standard InChI is InChI=1S/C32H33FN4O4S/c1-2-40-31(39)19-37(23-16-34-17-23)18-22-5-7-26(36-15-22)30-14-27-32(42-30)29(9-10-35-27)41-28-8-6-21(13-25(28)33)12-24(38)11-20-3-4-20/h5-10,13-15,20,23,34H,2-4,11-12,16-19H2,1H3. The van der Waals surface area contributed by atoms with Crippen molar-refractivity contribution in [2.75, 3.05) is 26.2 Å². The summed E-state index contributed by atoms with van der Waals surface area (Å²) in [6.07, 6.45) is 6.54. The van der Waals surface area contributed by atoms with Crippen LogP contribution in [0.4, 0.5) is 4.39 Å². The Morgan fingerprint density at radius 1 is 1.07 bits per heavy atom. The number of benzene rings is 1. The average molecular weight is 589 g/mol. The number of aromatic nitrogens is 2. The van der Waals surface area contributed by atoms with Crippen molar-refractivity contribution in [1.29, 1.82) is 0 Å². The van der Waals surface area contributed by atoms with Crippen molar-refractivity contribution in [3.63, 3.8) is 0 Å². The first kappa shape index (κ1) is 28.4. The van der Waals surface area contributed by atoms with Crippen molar-refractivity contribution in [1.82, 2.24) is 20.2 Å². The molecule has 0 bridgehead atoms. The number of rotatable bonds is 13. The van der Waals surface area contributed by atoms with Gasteiger partial charge in [0, 0.05) is 57.0 Å². The summed E-state index contributed by atoms with van der Waals surface area (Å²) in [7, 11) is 0. The van der Waals surface area contributed by atoms with Crippen LogP contribution in [0.25, 0.3) is 20.8 Å². The predicted octanol–water partition coefficient (Wildman–Crippen LogP) is 5.54. The zero-order valence-electron chi connectivity index (χ0n) is 23.5. The van der Waals surface area contributed by atoms with Crippen LogP contribution in [0.1, 0.15) is 37.3 Å². The molecule has 0 radical (unpaired) electrons. The van der Waals surface area contributed by atoms with Gasteiger partial charge in [-0.2, -0.15) is 0 Å². The van der Waals surface area contributed by atoms with E-state index in [4.69, 9.17) is 14.5 Å². The van der Waals surface area contributed by atoms with E-state index < -0.39 is 5.82 Å². The molecule has 0 unspecified atom stereocenters. The first-order valence-electron chi connectivity index (χ1n) is 14.4. The third-order valence-corrected chi connectivity index (χ3v) is 8.74. The van der Waals surface area contributed by atoms with Gasteiger partial charge >= 0.3 is 5.97 Å². The van der Waals surface area contributed by atoms with E-state index in [1.54, 1.807) is 24.4 Å². The molecule has 10 heteroatoms. The van der Waals surface area contributed by atoms with Gasteiger partial charge in [0.05, 0.1) is 33.9 Å². The molecule has 1 N–H and O–H groups in total. The van der Waals surface area contributed by atoms with Gasteiger partial charge in [-0.1, -0.05) is 12.1 Å². The lowest BCUT2D eigenvalue weighted by Crippen LogP contribution is -2.57. The molecular formula is C32H33FN4O4S. The maximum atomic E-state index is 15.0. The van der Waals surface area contributed by atoms with Crippen LogP contribution in [0.5, 0.6) is 11.5 Å². The maximum absolute atomic E-state index is 15.0. The van der Waals surface area contributed by atoms with E-state index in [-0.39, 0.29) is 36.5 Å². The van der Waals surface area contributed by atoms with Gasteiger partial charge in [0.2, 0.25) is 0 Å². The van der Waals surface area contributed by atoms with E-state index in [1.165, 1.54) is 17.4 Å². The van der Waals surface area contributed by atoms with E-state index in [9.17, 15) is 14.0 Å². The normalized spacial score (nSPS) is 15.1. The molecule has 2 fully saturated rings. The Balaban J connectivity index is 1.15. The van der Waals surface area contributed by atoms with Gasteiger partial charge in [-0.15, -0.1) is 11.3 Å². The lowest BCUT2D eigenvalue weighted by Gasteiger charge is -2.37. The number of ether oxygens (including phenoxy) is 2. The topological polar surface area (TPSA) is 93.6 Å². The second-order valence-corrected chi connectivity index (χ2v) is 12.0. The quantitative estimate of drug-likeness (QED) is 0.204. The van der Waals surface area contributed by atoms with Crippen LogP contribution >= 0.6 is 11.3 Å². The number of thiophene rings is 1. The summed E-state index contributed by atoms with van der Waals surface area (Å²) in [5, 5.41) is 3.26. The van der Waals surface area contributed by atoms with Crippen LogP contribution in [-0.4, -0.2) is 58.9 Å². The fourth-order valence-electron chi connectivity index (χ4n) is 5.04. The highest BCUT2D eigenvalue weighted by atomic mass is 32.1. The molecule has 0 atom stereocenters. The van der Waals surface area contributed by atoms with Crippen molar-refractivity contribution >= 4 is 33.3 Å². The number of pyridine rings is 2. The maximum Gasteiger partial charge on any atom is 0.320 e. The number of fused-ring (bicyclic) bond motifs is 1. The zero-order chi connectivity index (χ0) is 29.1. The lowest BCUT2D eigenvalue weighted by atomic mass is 10.0. The number of esters is 1. The minimum absolute atomic E-state index is 0.104. The number of carbonyl (C=O) groups excluding carboxylic acids is 2. The minimum atomic E-state index is -0.500. The number of Topliss-reactive ketones (excluding diaryl/α,β-unsaturated/α-hetero) is 1. The van der Waals surface area contributed by atoms with Gasteiger partial charge in [-0.05, 0) is 61.1 Å². The average Bonchev–Trinajstić information content (AvgIpc) is 3.63. The molecule has 4 aromatic rings. The number of hydrogen-bond acceptors (Lipinski definition) is 9. The first-order valence-corrected chi connectivity index (χ1v) is 15.2. The van der Waals surface area contributed by atoms with Crippen molar-refractivity contribution in [2.24, 2.45) is 5.92 Å². The van der Waals surface area contributed by atoms with Gasteiger partial charge in [-0.3, -0.25) is 24.5 Å². The molecule has 3 aromatic heterocycles. The highest BCUT2D eigenvalue weighted by molar-refractivity contribution is 7.22. The molecule has 2 aliphatic rings. The molecule has 8 nitrogen and oxygen atoms in total. The van der Waals surface area contributed by atoms with Crippen molar-refractivity contribution in [3.8, 4) is 22.1 Å². The van der Waals surface area contributed by atoms with Crippen LogP contribution in [0.3, 0.4) is 0 Å². The molecule has 218 valence electrons. The number of halogens is 1. The molecule has 6 rings (SSSR count). The monoisotopic (exact) mass is 588 g/mol. The molecule has 1 saturated heterocycles. The van der Waals surface area contributed by atoms with E-state index in [2.05, 4.69) is 15.2 Å². The number of hydrogen-bond donors (Lipinski definition) is 1. The predicted molar refractivity (Wildman–Crippen MR) is 159 cm³/mol. The second-order valence-electron chi connectivity index (χ2n) is 10.9.